The highest BCUT2D eigenvalue weighted by molar-refractivity contribution is 5.87. The van der Waals surface area contributed by atoms with E-state index in [9.17, 15) is 0 Å². The van der Waals surface area contributed by atoms with Crippen LogP contribution in [-0.2, 0) is 13.2 Å². The average molecular weight is 307 g/mol. The largest absolute Gasteiger partial charge is 0.485 e. The third-order valence-electron chi connectivity index (χ3n) is 4.11. The maximum atomic E-state index is 6.04. The molecule has 1 heterocycles. The van der Waals surface area contributed by atoms with Gasteiger partial charge in [-0.1, -0.05) is 24.3 Å². The first-order valence-electron chi connectivity index (χ1n) is 7.65. The van der Waals surface area contributed by atoms with Gasteiger partial charge in [-0.25, -0.2) is 4.98 Å². The highest BCUT2D eigenvalue weighted by Crippen LogP contribution is 2.25. The predicted molar refractivity (Wildman–Crippen MR) is 94.6 cm³/mol. The van der Waals surface area contributed by atoms with Crippen LogP contribution in [0.3, 0.4) is 0 Å². The summed E-state index contributed by atoms with van der Waals surface area (Å²) in [7, 11) is 0. The number of imidazole rings is 1. The number of hydrogen-bond donors (Lipinski definition) is 1. The van der Waals surface area contributed by atoms with Crippen LogP contribution in [0.4, 0.5) is 5.69 Å². The number of nitrogen functional groups attached to an aromatic ring is 1. The van der Waals surface area contributed by atoms with Crippen LogP contribution < -0.4 is 10.5 Å². The van der Waals surface area contributed by atoms with E-state index in [1.807, 2.05) is 36.4 Å². The van der Waals surface area contributed by atoms with Gasteiger partial charge in [0.25, 0.3) is 0 Å². The second kappa shape index (κ2) is 6.16. The fourth-order valence-corrected chi connectivity index (χ4v) is 2.68. The van der Waals surface area contributed by atoms with Crippen molar-refractivity contribution in [3.05, 3.63) is 66.0 Å². The van der Waals surface area contributed by atoms with Gasteiger partial charge in [-0.2, -0.15) is 0 Å². The Kier molecular flexibility index (Phi) is 4.06. The molecule has 0 radical (unpaired) electrons. The molecule has 4 heteroatoms. The predicted octanol–water partition coefficient (Wildman–Crippen LogP) is 4.00. The van der Waals surface area contributed by atoms with Crippen molar-refractivity contribution in [1.82, 2.24) is 9.55 Å². The first-order chi connectivity index (χ1) is 11.1. The summed E-state index contributed by atoms with van der Waals surface area (Å²) < 4.78 is 8.09. The van der Waals surface area contributed by atoms with Crippen LogP contribution in [0.15, 0.2) is 49.1 Å². The molecule has 3 rings (SSSR count). The van der Waals surface area contributed by atoms with Crippen LogP contribution in [0.25, 0.3) is 11.0 Å². The third kappa shape index (κ3) is 2.80. The van der Waals surface area contributed by atoms with Crippen LogP contribution >= 0.6 is 0 Å². The number of anilines is 1. The van der Waals surface area contributed by atoms with Gasteiger partial charge in [-0.15, -0.1) is 6.58 Å². The van der Waals surface area contributed by atoms with E-state index in [0.29, 0.717) is 18.8 Å². The lowest BCUT2D eigenvalue weighted by Crippen LogP contribution is -2.07. The minimum absolute atomic E-state index is 0.395. The molecule has 0 saturated carbocycles. The number of nitrogens with two attached hydrogens (primary N) is 1. The summed E-state index contributed by atoms with van der Waals surface area (Å²) in [5.41, 5.74) is 10.9. The van der Waals surface area contributed by atoms with Crippen molar-refractivity contribution in [2.45, 2.75) is 27.0 Å². The normalized spacial score (nSPS) is 10.9. The zero-order valence-electron chi connectivity index (χ0n) is 13.5. The third-order valence-corrected chi connectivity index (χ3v) is 4.11. The number of allylic oxidation sites excluding steroid dienone is 1. The molecule has 2 aromatic carbocycles. The van der Waals surface area contributed by atoms with E-state index in [2.05, 4.69) is 36.0 Å². The molecule has 118 valence electrons. The van der Waals surface area contributed by atoms with E-state index in [0.717, 1.165) is 28.2 Å². The molecular weight excluding hydrogens is 286 g/mol. The van der Waals surface area contributed by atoms with Crippen molar-refractivity contribution in [3.8, 4) is 5.75 Å². The average Bonchev–Trinajstić information content (AvgIpc) is 2.89. The van der Waals surface area contributed by atoms with Gasteiger partial charge in [-0.05, 0) is 43.2 Å². The Balaban J connectivity index is 1.96. The van der Waals surface area contributed by atoms with Gasteiger partial charge < -0.3 is 15.0 Å². The minimum Gasteiger partial charge on any atom is -0.485 e. The summed E-state index contributed by atoms with van der Waals surface area (Å²) in [6.07, 6.45) is 1.85. The molecule has 0 aliphatic rings. The number of ether oxygens (including phenoxy) is 1. The summed E-state index contributed by atoms with van der Waals surface area (Å²) in [4.78, 5) is 4.66. The van der Waals surface area contributed by atoms with Crippen molar-refractivity contribution >= 4 is 16.7 Å². The smallest absolute Gasteiger partial charge is 0.148 e. The van der Waals surface area contributed by atoms with Gasteiger partial charge in [0.2, 0.25) is 0 Å². The van der Waals surface area contributed by atoms with Crippen molar-refractivity contribution in [2.24, 2.45) is 0 Å². The van der Waals surface area contributed by atoms with E-state index >= 15 is 0 Å². The molecule has 23 heavy (non-hydrogen) atoms. The Labute approximate surface area is 136 Å². The maximum Gasteiger partial charge on any atom is 0.148 e. The quantitative estimate of drug-likeness (QED) is 0.572. The molecule has 0 unspecified atom stereocenters. The Morgan fingerprint density at radius 3 is 2.78 bits per heavy atom. The Morgan fingerprint density at radius 2 is 2.00 bits per heavy atom. The maximum absolute atomic E-state index is 6.04. The van der Waals surface area contributed by atoms with Gasteiger partial charge in [0, 0.05) is 6.54 Å². The first kappa shape index (κ1) is 15.2. The monoisotopic (exact) mass is 307 g/mol. The van der Waals surface area contributed by atoms with Crippen molar-refractivity contribution < 1.29 is 4.74 Å². The van der Waals surface area contributed by atoms with E-state index in [1.165, 1.54) is 5.56 Å². The Hall–Kier alpha value is -2.75. The first-order valence-corrected chi connectivity index (χ1v) is 7.65. The van der Waals surface area contributed by atoms with Crippen LogP contribution in [0.5, 0.6) is 5.75 Å². The van der Waals surface area contributed by atoms with Crippen molar-refractivity contribution in [1.29, 1.82) is 0 Å². The number of nitrogens with zero attached hydrogens (tertiary/aromatic N) is 2. The Morgan fingerprint density at radius 1 is 1.22 bits per heavy atom. The molecule has 4 nitrogen and oxygen atoms in total. The second-order valence-electron chi connectivity index (χ2n) is 5.63. The number of benzene rings is 2. The lowest BCUT2D eigenvalue weighted by molar-refractivity contribution is 0.289. The summed E-state index contributed by atoms with van der Waals surface area (Å²) >= 11 is 0. The van der Waals surface area contributed by atoms with Crippen molar-refractivity contribution in [3.63, 3.8) is 0 Å². The van der Waals surface area contributed by atoms with Crippen molar-refractivity contribution in [2.75, 3.05) is 5.73 Å². The fourth-order valence-electron chi connectivity index (χ4n) is 2.68. The molecule has 0 bridgehead atoms. The number of aromatic nitrogens is 2. The highest BCUT2D eigenvalue weighted by Gasteiger charge is 2.13. The summed E-state index contributed by atoms with van der Waals surface area (Å²) in [5, 5.41) is 0. The molecule has 1 aromatic heterocycles. The molecule has 0 saturated heterocycles. The number of fused-ring (bicyclic) bond motifs is 1. The van der Waals surface area contributed by atoms with Gasteiger partial charge in [0.15, 0.2) is 0 Å². The number of aryl methyl sites for hydroxylation is 1. The van der Waals surface area contributed by atoms with E-state index in [-0.39, 0.29) is 0 Å². The van der Waals surface area contributed by atoms with E-state index < -0.39 is 0 Å². The topological polar surface area (TPSA) is 53.1 Å². The van der Waals surface area contributed by atoms with Crippen LogP contribution in [-0.4, -0.2) is 9.55 Å². The molecular formula is C19H21N3O. The van der Waals surface area contributed by atoms with Crippen LogP contribution in [0.1, 0.15) is 17.0 Å². The molecule has 0 atom stereocenters. The Bertz CT molecular complexity index is 864. The number of rotatable bonds is 5. The molecule has 0 amide bonds. The van der Waals surface area contributed by atoms with Gasteiger partial charge >= 0.3 is 0 Å². The van der Waals surface area contributed by atoms with Gasteiger partial charge in [0.1, 0.15) is 23.7 Å². The molecule has 0 aliphatic heterocycles. The molecule has 0 fully saturated rings. The number of para-hydroxylation sites is 1. The van der Waals surface area contributed by atoms with E-state index in [1.54, 1.807) is 0 Å². The SMILES string of the molecule is C=CCn1c(COc2cccc(C)c2C)nc2c(N)cccc21. The zero-order chi connectivity index (χ0) is 16.4. The fraction of sp³-hybridized carbons (Fsp3) is 0.211. The zero-order valence-corrected chi connectivity index (χ0v) is 13.5. The van der Waals surface area contributed by atoms with Gasteiger partial charge in [-0.3, -0.25) is 0 Å². The summed E-state index contributed by atoms with van der Waals surface area (Å²) in [6.45, 7) is 9.04. The molecule has 0 spiro atoms. The second-order valence-corrected chi connectivity index (χ2v) is 5.63. The molecule has 3 aromatic rings. The van der Waals surface area contributed by atoms with Crippen LogP contribution in [0.2, 0.25) is 0 Å². The lowest BCUT2D eigenvalue weighted by atomic mass is 10.1. The van der Waals surface area contributed by atoms with E-state index in [4.69, 9.17) is 10.5 Å². The highest BCUT2D eigenvalue weighted by atomic mass is 16.5. The molecule has 0 aliphatic carbocycles. The number of hydrogen-bond acceptors (Lipinski definition) is 3. The standard InChI is InChI=1S/C19H21N3O/c1-4-11-22-16-9-6-8-15(20)19(16)21-18(22)12-23-17-10-5-7-13(2)14(17)3/h4-10H,1,11-12,20H2,2-3H3. The summed E-state index contributed by atoms with van der Waals surface area (Å²) in [5.74, 6) is 1.73. The molecule has 2 N–H and O–H groups in total. The van der Waals surface area contributed by atoms with Crippen LogP contribution in [0, 0.1) is 13.8 Å². The van der Waals surface area contributed by atoms with Gasteiger partial charge in [0.05, 0.1) is 11.2 Å². The summed E-state index contributed by atoms with van der Waals surface area (Å²) in [6, 6.07) is 11.9. The minimum atomic E-state index is 0.395. The lowest BCUT2D eigenvalue weighted by Gasteiger charge is -2.11.